The summed E-state index contributed by atoms with van der Waals surface area (Å²) in [5, 5.41) is 3.16. The van der Waals surface area contributed by atoms with Crippen molar-refractivity contribution in [1.82, 2.24) is 5.32 Å². The molecule has 0 fully saturated rings. The molecule has 0 saturated heterocycles. The number of ether oxygens (including phenoxy) is 1. The SMILES string of the molecule is CCCCCCN=C(N)NCCc1cccc(OCC)c1.I. The van der Waals surface area contributed by atoms with Gasteiger partial charge in [0.2, 0.25) is 0 Å². The van der Waals surface area contributed by atoms with E-state index in [4.69, 9.17) is 10.5 Å². The molecule has 0 aliphatic rings. The first kappa shape index (κ1) is 21.0. The third-order valence-electron chi connectivity index (χ3n) is 3.22. The Balaban J connectivity index is 0.00000441. The molecular formula is C17H30IN3O. The van der Waals surface area contributed by atoms with E-state index in [1.165, 1.54) is 24.8 Å². The van der Waals surface area contributed by atoms with Crippen molar-refractivity contribution in [1.29, 1.82) is 0 Å². The molecule has 0 bridgehead atoms. The lowest BCUT2D eigenvalue weighted by molar-refractivity contribution is 0.340. The molecule has 3 N–H and O–H groups in total. The molecule has 4 nitrogen and oxygen atoms in total. The fraction of sp³-hybridized carbons (Fsp3) is 0.588. The number of nitrogens with two attached hydrogens (primary N) is 1. The van der Waals surface area contributed by atoms with E-state index < -0.39 is 0 Å². The number of hydrogen-bond donors (Lipinski definition) is 2. The standard InChI is InChI=1S/C17H29N3O.HI/c1-3-5-6-7-12-19-17(18)20-13-11-15-9-8-10-16(14-15)21-4-2;/h8-10,14H,3-7,11-13H2,1-2H3,(H3,18,19,20);1H. The Labute approximate surface area is 151 Å². The molecule has 0 heterocycles. The Kier molecular flexibility index (Phi) is 13.1. The van der Waals surface area contributed by atoms with E-state index in [0.29, 0.717) is 12.6 Å². The van der Waals surface area contributed by atoms with E-state index in [1.54, 1.807) is 0 Å². The minimum Gasteiger partial charge on any atom is -0.494 e. The molecule has 0 aromatic heterocycles. The predicted octanol–water partition coefficient (Wildman–Crippen LogP) is 3.73. The van der Waals surface area contributed by atoms with Gasteiger partial charge in [0.1, 0.15) is 5.75 Å². The molecule has 0 amide bonds. The number of benzene rings is 1. The van der Waals surface area contributed by atoms with Gasteiger partial charge in [0.05, 0.1) is 6.61 Å². The van der Waals surface area contributed by atoms with Crippen molar-refractivity contribution in [3.8, 4) is 5.75 Å². The molecule has 0 spiro atoms. The molecule has 126 valence electrons. The van der Waals surface area contributed by atoms with E-state index in [-0.39, 0.29) is 24.0 Å². The summed E-state index contributed by atoms with van der Waals surface area (Å²) in [5.41, 5.74) is 7.08. The third kappa shape index (κ3) is 9.87. The molecule has 1 rings (SSSR count). The normalized spacial score (nSPS) is 10.9. The largest absolute Gasteiger partial charge is 0.494 e. The molecule has 5 heteroatoms. The number of nitrogens with zero attached hydrogens (tertiary/aromatic N) is 1. The predicted molar refractivity (Wildman–Crippen MR) is 105 cm³/mol. The molecular weight excluding hydrogens is 389 g/mol. The van der Waals surface area contributed by atoms with Gasteiger partial charge >= 0.3 is 0 Å². The first-order chi connectivity index (χ1) is 10.3. The molecule has 0 unspecified atom stereocenters. The van der Waals surface area contributed by atoms with Crippen molar-refractivity contribution in [2.45, 2.75) is 46.0 Å². The highest BCUT2D eigenvalue weighted by atomic mass is 127. The Hall–Kier alpha value is -0.980. The summed E-state index contributed by atoms with van der Waals surface area (Å²) in [4.78, 5) is 4.33. The van der Waals surface area contributed by atoms with Crippen molar-refractivity contribution in [3.05, 3.63) is 29.8 Å². The van der Waals surface area contributed by atoms with Gasteiger partial charge in [-0.15, -0.1) is 24.0 Å². The minimum atomic E-state index is 0. The van der Waals surface area contributed by atoms with Gasteiger partial charge in [-0.25, -0.2) is 0 Å². The maximum absolute atomic E-state index is 5.84. The number of nitrogens with one attached hydrogen (secondary N) is 1. The van der Waals surface area contributed by atoms with E-state index in [1.807, 2.05) is 19.1 Å². The maximum atomic E-state index is 5.84. The fourth-order valence-electron chi connectivity index (χ4n) is 2.09. The second-order valence-corrected chi connectivity index (χ2v) is 5.08. The van der Waals surface area contributed by atoms with E-state index >= 15 is 0 Å². The van der Waals surface area contributed by atoms with Crippen LogP contribution in [0.4, 0.5) is 0 Å². The highest BCUT2D eigenvalue weighted by Crippen LogP contribution is 2.13. The van der Waals surface area contributed by atoms with Crippen molar-refractivity contribution in [2.75, 3.05) is 19.7 Å². The maximum Gasteiger partial charge on any atom is 0.188 e. The molecule has 22 heavy (non-hydrogen) atoms. The number of aliphatic imine (C=N–C) groups is 1. The van der Waals surface area contributed by atoms with Gasteiger partial charge in [-0.1, -0.05) is 38.3 Å². The Morgan fingerprint density at radius 3 is 2.77 bits per heavy atom. The van der Waals surface area contributed by atoms with Crippen molar-refractivity contribution in [3.63, 3.8) is 0 Å². The Morgan fingerprint density at radius 1 is 1.23 bits per heavy atom. The average Bonchev–Trinajstić information content (AvgIpc) is 2.48. The minimum absolute atomic E-state index is 0. The van der Waals surface area contributed by atoms with Crippen LogP contribution in [0.5, 0.6) is 5.75 Å². The highest BCUT2D eigenvalue weighted by Gasteiger charge is 1.97. The first-order valence-electron chi connectivity index (χ1n) is 8.01. The number of guanidine groups is 1. The van der Waals surface area contributed by atoms with Gasteiger partial charge in [0.15, 0.2) is 5.96 Å². The third-order valence-corrected chi connectivity index (χ3v) is 3.22. The number of hydrogen-bond acceptors (Lipinski definition) is 2. The molecule has 0 atom stereocenters. The number of unbranched alkanes of at least 4 members (excludes halogenated alkanes) is 3. The van der Waals surface area contributed by atoms with Gasteiger partial charge in [-0.05, 0) is 37.5 Å². The van der Waals surface area contributed by atoms with Gasteiger partial charge in [-0.3, -0.25) is 4.99 Å². The Bertz CT molecular complexity index is 424. The van der Waals surface area contributed by atoms with Crippen LogP contribution in [0.15, 0.2) is 29.3 Å². The van der Waals surface area contributed by atoms with Crippen LogP contribution in [0.3, 0.4) is 0 Å². The summed E-state index contributed by atoms with van der Waals surface area (Å²) in [6.45, 7) is 6.50. The molecule has 0 saturated carbocycles. The van der Waals surface area contributed by atoms with Crippen molar-refractivity contribution < 1.29 is 4.74 Å². The summed E-state index contributed by atoms with van der Waals surface area (Å²) < 4.78 is 5.49. The summed E-state index contributed by atoms with van der Waals surface area (Å²) in [5.74, 6) is 1.47. The summed E-state index contributed by atoms with van der Waals surface area (Å²) in [6, 6.07) is 8.17. The lowest BCUT2D eigenvalue weighted by atomic mass is 10.1. The highest BCUT2D eigenvalue weighted by molar-refractivity contribution is 14.0. The monoisotopic (exact) mass is 419 g/mol. The molecule has 0 aliphatic heterocycles. The lowest BCUT2D eigenvalue weighted by Gasteiger charge is -2.08. The molecule has 0 aliphatic carbocycles. The second kappa shape index (κ2) is 13.7. The first-order valence-corrected chi connectivity index (χ1v) is 8.01. The summed E-state index contributed by atoms with van der Waals surface area (Å²) in [7, 11) is 0. The van der Waals surface area contributed by atoms with Crippen molar-refractivity contribution >= 4 is 29.9 Å². The smallest absolute Gasteiger partial charge is 0.188 e. The number of halogens is 1. The van der Waals surface area contributed by atoms with Crippen LogP contribution in [-0.4, -0.2) is 25.7 Å². The zero-order chi connectivity index (χ0) is 15.3. The van der Waals surface area contributed by atoms with Gasteiger partial charge in [0.25, 0.3) is 0 Å². The summed E-state index contributed by atoms with van der Waals surface area (Å²) in [6.07, 6.45) is 5.79. The molecule has 0 radical (unpaired) electrons. The van der Waals surface area contributed by atoms with Crippen LogP contribution in [-0.2, 0) is 6.42 Å². The number of rotatable bonds is 10. The van der Waals surface area contributed by atoms with E-state index in [9.17, 15) is 0 Å². The van der Waals surface area contributed by atoms with Crippen LogP contribution < -0.4 is 15.8 Å². The van der Waals surface area contributed by atoms with Crippen LogP contribution in [0.25, 0.3) is 0 Å². The van der Waals surface area contributed by atoms with E-state index in [2.05, 4.69) is 29.4 Å². The van der Waals surface area contributed by atoms with Crippen LogP contribution in [0, 0.1) is 0 Å². The molecule has 1 aromatic rings. The zero-order valence-electron chi connectivity index (χ0n) is 13.8. The summed E-state index contributed by atoms with van der Waals surface area (Å²) >= 11 is 0. The van der Waals surface area contributed by atoms with Gasteiger partial charge in [0, 0.05) is 13.1 Å². The zero-order valence-corrected chi connectivity index (χ0v) is 16.1. The molecule has 1 aromatic carbocycles. The topological polar surface area (TPSA) is 59.6 Å². The van der Waals surface area contributed by atoms with Gasteiger partial charge in [-0.2, -0.15) is 0 Å². The quantitative estimate of drug-likeness (QED) is 0.263. The average molecular weight is 419 g/mol. The lowest BCUT2D eigenvalue weighted by Crippen LogP contribution is -2.33. The Morgan fingerprint density at radius 2 is 2.05 bits per heavy atom. The fourth-order valence-corrected chi connectivity index (χ4v) is 2.09. The van der Waals surface area contributed by atoms with E-state index in [0.717, 1.165) is 31.7 Å². The van der Waals surface area contributed by atoms with Crippen LogP contribution in [0.2, 0.25) is 0 Å². The van der Waals surface area contributed by atoms with Crippen molar-refractivity contribution in [2.24, 2.45) is 10.7 Å². The van der Waals surface area contributed by atoms with Crippen LogP contribution in [0.1, 0.15) is 45.1 Å². The van der Waals surface area contributed by atoms with Crippen LogP contribution >= 0.6 is 24.0 Å². The van der Waals surface area contributed by atoms with Gasteiger partial charge < -0.3 is 15.8 Å². The second-order valence-electron chi connectivity index (χ2n) is 5.08.